The van der Waals surface area contributed by atoms with Gasteiger partial charge in [-0.3, -0.25) is 9.59 Å². The molecule has 0 aromatic carbocycles. The first-order valence-electron chi connectivity index (χ1n) is 9.82. The average Bonchev–Trinajstić information content (AvgIpc) is 3.00. The van der Waals surface area contributed by atoms with Crippen molar-refractivity contribution in [3.05, 3.63) is 0 Å². The fraction of sp³-hybridized carbons (Fsp3) is 0.778. The van der Waals surface area contributed by atoms with Crippen LogP contribution in [0.25, 0.3) is 0 Å². The molecule has 3 aliphatic heterocycles. The van der Waals surface area contributed by atoms with Gasteiger partial charge < -0.3 is 14.5 Å². The van der Waals surface area contributed by atoms with Crippen LogP contribution in [0.15, 0.2) is 5.10 Å². The van der Waals surface area contributed by atoms with Crippen LogP contribution in [0.2, 0.25) is 0 Å². The molecule has 1 unspecified atom stereocenters. The van der Waals surface area contributed by atoms with E-state index in [9.17, 15) is 22.8 Å². The normalized spacial score (nSPS) is 25.1. The number of carbonyl (C=O) groups is 3. The molecule has 3 heterocycles. The lowest BCUT2D eigenvalue weighted by atomic mass is 10.1. The Kier molecular flexibility index (Phi) is 5.88. The third-order valence-electron chi connectivity index (χ3n) is 5.08. The van der Waals surface area contributed by atoms with Crippen LogP contribution < -0.4 is 0 Å². The van der Waals surface area contributed by atoms with E-state index in [-0.39, 0.29) is 41.9 Å². The number of rotatable bonds is 2. The van der Waals surface area contributed by atoms with Gasteiger partial charge in [0.25, 0.3) is 5.91 Å². The molecule has 3 aliphatic rings. The lowest BCUT2D eigenvalue weighted by Gasteiger charge is -2.36. The molecule has 11 heteroatoms. The van der Waals surface area contributed by atoms with E-state index >= 15 is 0 Å². The van der Waals surface area contributed by atoms with Crippen molar-refractivity contribution in [2.45, 2.75) is 51.7 Å². The van der Waals surface area contributed by atoms with Gasteiger partial charge in [-0.2, -0.15) is 5.10 Å². The molecule has 0 N–H and O–H groups in total. The van der Waals surface area contributed by atoms with Crippen LogP contribution in [0, 0.1) is 0 Å². The van der Waals surface area contributed by atoms with Crippen LogP contribution in [0.5, 0.6) is 0 Å². The van der Waals surface area contributed by atoms with Gasteiger partial charge in [-0.25, -0.2) is 18.2 Å². The predicted octanol–water partition coefficient (Wildman–Crippen LogP) is 0.231. The number of hydrogen-bond acceptors (Lipinski definition) is 7. The highest BCUT2D eigenvalue weighted by molar-refractivity contribution is 7.91. The van der Waals surface area contributed by atoms with E-state index in [4.69, 9.17) is 4.74 Å². The summed E-state index contributed by atoms with van der Waals surface area (Å²) in [6, 6.07) is -0.500. The van der Waals surface area contributed by atoms with Crippen LogP contribution in [0.1, 0.15) is 40.0 Å². The summed E-state index contributed by atoms with van der Waals surface area (Å²) >= 11 is 0. The van der Waals surface area contributed by atoms with Crippen molar-refractivity contribution in [2.75, 3.05) is 37.7 Å². The van der Waals surface area contributed by atoms with E-state index in [1.165, 1.54) is 5.01 Å². The Hall–Kier alpha value is -2.17. The van der Waals surface area contributed by atoms with E-state index in [0.29, 0.717) is 32.6 Å². The minimum atomic E-state index is -3.16. The number of nitrogens with zero attached hydrogens (tertiary/aromatic N) is 4. The summed E-state index contributed by atoms with van der Waals surface area (Å²) in [5.74, 6) is -0.601. The van der Waals surface area contributed by atoms with Gasteiger partial charge in [0.1, 0.15) is 11.3 Å². The largest absolute Gasteiger partial charge is 0.444 e. The highest BCUT2D eigenvalue weighted by atomic mass is 32.2. The predicted molar refractivity (Wildman–Crippen MR) is 105 cm³/mol. The highest BCUT2D eigenvalue weighted by Gasteiger charge is 2.38. The molecule has 0 radical (unpaired) electrons. The van der Waals surface area contributed by atoms with Crippen molar-refractivity contribution in [2.24, 2.45) is 5.10 Å². The van der Waals surface area contributed by atoms with E-state index < -0.39 is 27.6 Å². The minimum Gasteiger partial charge on any atom is -0.444 e. The Balaban J connectivity index is 1.61. The summed E-state index contributed by atoms with van der Waals surface area (Å²) in [5.41, 5.74) is -0.315. The van der Waals surface area contributed by atoms with Gasteiger partial charge in [0, 0.05) is 39.0 Å². The van der Waals surface area contributed by atoms with Gasteiger partial charge >= 0.3 is 6.09 Å². The first-order valence-corrected chi connectivity index (χ1v) is 11.6. The van der Waals surface area contributed by atoms with E-state index in [1.54, 1.807) is 30.6 Å². The molecule has 162 valence electrons. The van der Waals surface area contributed by atoms with Crippen molar-refractivity contribution < 1.29 is 27.5 Å². The zero-order chi connectivity index (χ0) is 21.4. The minimum absolute atomic E-state index is 0.0346. The first-order chi connectivity index (χ1) is 13.5. The highest BCUT2D eigenvalue weighted by Crippen LogP contribution is 2.23. The number of carbonyl (C=O) groups excluding carboxylic acids is 3. The number of ether oxygens (including phenoxy) is 1. The molecule has 2 saturated heterocycles. The molecule has 3 amide bonds. The van der Waals surface area contributed by atoms with Crippen LogP contribution in [0.4, 0.5) is 4.79 Å². The zero-order valence-electron chi connectivity index (χ0n) is 17.1. The SMILES string of the molecule is CC(C)(C)OC(=O)N1CCN(C(=O)C2=NN(C3CCS(=O)(=O)C3)C(=O)CC2)CC1. The third-order valence-corrected chi connectivity index (χ3v) is 6.83. The molecular weight excluding hydrogens is 400 g/mol. The van der Waals surface area contributed by atoms with Gasteiger partial charge in [-0.05, 0) is 27.2 Å². The summed E-state index contributed by atoms with van der Waals surface area (Å²) < 4.78 is 28.8. The summed E-state index contributed by atoms with van der Waals surface area (Å²) in [6.45, 7) is 6.82. The number of sulfone groups is 1. The maximum atomic E-state index is 12.9. The molecule has 0 saturated carbocycles. The molecule has 0 aliphatic carbocycles. The summed E-state index contributed by atoms with van der Waals surface area (Å²) in [7, 11) is -3.16. The molecule has 1 atom stereocenters. The Labute approximate surface area is 170 Å². The topological polar surface area (TPSA) is 117 Å². The van der Waals surface area contributed by atoms with Crippen molar-refractivity contribution in [1.29, 1.82) is 0 Å². The monoisotopic (exact) mass is 428 g/mol. The Bertz CT molecular complexity index is 824. The van der Waals surface area contributed by atoms with Crippen molar-refractivity contribution in [3.8, 4) is 0 Å². The maximum Gasteiger partial charge on any atom is 0.410 e. The molecule has 0 aromatic rings. The molecule has 0 bridgehead atoms. The number of hydrazone groups is 1. The second-order valence-corrected chi connectivity index (χ2v) is 10.8. The van der Waals surface area contributed by atoms with Gasteiger partial charge in [0.15, 0.2) is 9.84 Å². The summed E-state index contributed by atoms with van der Waals surface area (Å²) in [5, 5.41) is 5.42. The van der Waals surface area contributed by atoms with E-state index in [1.807, 2.05) is 0 Å². The second kappa shape index (κ2) is 7.92. The zero-order valence-corrected chi connectivity index (χ0v) is 17.9. The Morgan fingerprint density at radius 3 is 2.24 bits per heavy atom. The molecule has 2 fully saturated rings. The van der Waals surface area contributed by atoms with Crippen LogP contribution >= 0.6 is 0 Å². The molecular formula is C18H28N4O6S. The molecule has 0 aromatic heterocycles. The van der Waals surface area contributed by atoms with Gasteiger partial charge in [0.05, 0.1) is 17.5 Å². The van der Waals surface area contributed by atoms with Gasteiger partial charge in [-0.15, -0.1) is 0 Å². The van der Waals surface area contributed by atoms with Crippen molar-refractivity contribution in [3.63, 3.8) is 0 Å². The van der Waals surface area contributed by atoms with Gasteiger partial charge in [0.2, 0.25) is 5.91 Å². The van der Waals surface area contributed by atoms with Crippen LogP contribution in [-0.2, 0) is 24.2 Å². The standard InChI is InChI=1S/C18H28N4O6S/c1-18(2,3)28-17(25)21-9-7-20(8-10-21)16(24)14-4-5-15(23)22(19-14)13-6-11-29(26,27)12-13/h13H,4-12H2,1-3H3. The smallest absolute Gasteiger partial charge is 0.410 e. The van der Waals surface area contributed by atoms with Gasteiger partial charge in [-0.1, -0.05) is 0 Å². The fourth-order valence-corrected chi connectivity index (χ4v) is 5.27. The average molecular weight is 429 g/mol. The van der Waals surface area contributed by atoms with Crippen molar-refractivity contribution >= 4 is 33.5 Å². The lowest BCUT2D eigenvalue weighted by Crippen LogP contribution is -2.54. The number of hydrogen-bond donors (Lipinski definition) is 0. The lowest BCUT2D eigenvalue weighted by molar-refractivity contribution is -0.134. The summed E-state index contributed by atoms with van der Waals surface area (Å²) in [4.78, 5) is 40.4. The van der Waals surface area contributed by atoms with Crippen LogP contribution in [0.3, 0.4) is 0 Å². The second-order valence-electron chi connectivity index (χ2n) is 8.60. The molecule has 0 spiro atoms. The number of piperazine rings is 1. The maximum absolute atomic E-state index is 12.9. The van der Waals surface area contributed by atoms with E-state index in [2.05, 4.69) is 5.10 Å². The van der Waals surface area contributed by atoms with Crippen molar-refractivity contribution in [1.82, 2.24) is 14.8 Å². The van der Waals surface area contributed by atoms with E-state index in [0.717, 1.165) is 0 Å². The molecule has 3 rings (SSSR count). The Morgan fingerprint density at radius 1 is 1.07 bits per heavy atom. The molecule has 10 nitrogen and oxygen atoms in total. The summed E-state index contributed by atoms with van der Waals surface area (Å²) in [6.07, 6.45) is 0.311. The third kappa shape index (κ3) is 5.26. The fourth-order valence-electron chi connectivity index (χ4n) is 3.58. The number of amides is 3. The Morgan fingerprint density at radius 2 is 1.69 bits per heavy atom. The van der Waals surface area contributed by atoms with Crippen LogP contribution in [-0.4, -0.2) is 96.2 Å². The molecule has 29 heavy (non-hydrogen) atoms. The quantitative estimate of drug-likeness (QED) is 0.622. The first kappa shape index (κ1) is 21.5.